The number of halogens is 4. The number of carbonyl (C=O) groups excluding carboxylic acids is 2. The van der Waals surface area contributed by atoms with Gasteiger partial charge in [-0.3, -0.25) is 15.0 Å². The molecule has 0 aromatic heterocycles. The van der Waals surface area contributed by atoms with Gasteiger partial charge in [0, 0.05) is 17.1 Å². The summed E-state index contributed by atoms with van der Waals surface area (Å²) in [5, 5.41) is 11.2. The number of hydrogen-bond acceptors (Lipinski definition) is 6. The number of benzene rings is 1. The highest BCUT2D eigenvalue weighted by atomic mass is 35.5. The lowest BCUT2D eigenvalue weighted by molar-refractivity contribution is -0.185. The predicted octanol–water partition coefficient (Wildman–Crippen LogP) is 2.40. The molecule has 33 heavy (non-hydrogen) atoms. The zero-order valence-corrected chi connectivity index (χ0v) is 18.8. The Morgan fingerprint density at radius 1 is 1.39 bits per heavy atom. The van der Waals surface area contributed by atoms with Crippen LogP contribution in [0.1, 0.15) is 29.5 Å². The standard InChI is InChI=1S/C20H24ClF3N4O5/c1-9-7-14-11(10(2)15(9)21)8-12(16(33-14)20(22,23)24)17(29)27-13(18(30)32-3)5-4-6-26-19(25)28-31/h7-8,13,16,31H,4-6H2,1-3H3,(H,27,29)(H3,25,26,28)/t13?,16-/m0/s1. The molecule has 2 atom stereocenters. The van der Waals surface area contributed by atoms with E-state index in [1.54, 1.807) is 19.3 Å². The van der Waals surface area contributed by atoms with Crippen LogP contribution in [0.25, 0.3) is 6.08 Å². The zero-order chi connectivity index (χ0) is 24.9. The second kappa shape index (κ2) is 10.8. The third kappa shape index (κ3) is 6.29. The minimum absolute atomic E-state index is 0.00786. The molecule has 0 saturated carbocycles. The van der Waals surface area contributed by atoms with Gasteiger partial charge in [0.25, 0.3) is 5.91 Å². The fourth-order valence-corrected chi connectivity index (χ4v) is 3.38. The molecule has 1 unspecified atom stereocenters. The van der Waals surface area contributed by atoms with Gasteiger partial charge in [-0.25, -0.2) is 10.3 Å². The van der Waals surface area contributed by atoms with Crippen molar-refractivity contribution < 1.29 is 37.4 Å². The number of nitrogens with two attached hydrogens (primary N) is 1. The summed E-state index contributed by atoms with van der Waals surface area (Å²) in [5.74, 6) is -2.30. The van der Waals surface area contributed by atoms with Crippen molar-refractivity contribution >= 4 is 35.5 Å². The average Bonchev–Trinajstić information content (AvgIpc) is 2.77. The molecule has 1 amide bonds. The first-order chi connectivity index (χ1) is 15.4. The van der Waals surface area contributed by atoms with Gasteiger partial charge in [0.2, 0.25) is 12.1 Å². The van der Waals surface area contributed by atoms with Crippen LogP contribution in [-0.2, 0) is 14.3 Å². The lowest BCUT2D eigenvalue weighted by Gasteiger charge is -2.30. The number of carbonyl (C=O) groups is 2. The van der Waals surface area contributed by atoms with E-state index >= 15 is 0 Å². The predicted molar refractivity (Wildman–Crippen MR) is 114 cm³/mol. The summed E-state index contributed by atoms with van der Waals surface area (Å²) in [4.78, 5) is 28.7. The topological polar surface area (TPSA) is 135 Å². The minimum Gasteiger partial charge on any atom is -0.475 e. The van der Waals surface area contributed by atoms with E-state index in [0.29, 0.717) is 16.1 Å². The van der Waals surface area contributed by atoms with Gasteiger partial charge >= 0.3 is 12.1 Å². The number of alkyl halides is 3. The van der Waals surface area contributed by atoms with Gasteiger partial charge in [0.15, 0.2) is 0 Å². The van der Waals surface area contributed by atoms with E-state index in [1.807, 2.05) is 0 Å². The van der Waals surface area contributed by atoms with Crippen LogP contribution in [-0.4, -0.2) is 55.0 Å². The summed E-state index contributed by atoms with van der Waals surface area (Å²) in [6.07, 6.45) is -6.17. The zero-order valence-electron chi connectivity index (χ0n) is 18.0. The number of nitrogens with one attached hydrogen (secondary N) is 2. The fraction of sp³-hybridized carbons (Fsp3) is 0.450. The molecule has 0 spiro atoms. The van der Waals surface area contributed by atoms with Crippen LogP contribution in [0.5, 0.6) is 5.75 Å². The van der Waals surface area contributed by atoms with Crippen molar-refractivity contribution in [1.82, 2.24) is 10.8 Å². The second-order valence-electron chi connectivity index (χ2n) is 7.25. The molecule has 0 bridgehead atoms. The van der Waals surface area contributed by atoms with Gasteiger partial charge in [0.05, 0.1) is 12.7 Å². The molecule has 5 N–H and O–H groups in total. The normalized spacial score (nSPS) is 16.8. The van der Waals surface area contributed by atoms with E-state index in [2.05, 4.69) is 15.0 Å². The van der Waals surface area contributed by atoms with E-state index in [0.717, 1.165) is 13.2 Å². The van der Waals surface area contributed by atoms with Crippen LogP contribution in [0.4, 0.5) is 13.2 Å². The molecule has 1 aromatic carbocycles. The van der Waals surface area contributed by atoms with Crippen molar-refractivity contribution in [3.05, 3.63) is 33.4 Å². The quantitative estimate of drug-likeness (QED) is 0.151. The molecule has 1 aliphatic heterocycles. The number of fused-ring (bicyclic) bond motifs is 1. The van der Waals surface area contributed by atoms with Gasteiger partial charge in [-0.2, -0.15) is 13.2 Å². The maximum absolute atomic E-state index is 13.7. The maximum atomic E-state index is 13.7. The molecule has 1 heterocycles. The SMILES string of the molecule is COC(=O)C(CCCN=C(N)NO)NC(=O)C1=Cc2c(cc(C)c(Cl)c2C)O[C@@H]1C(F)(F)F. The number of aryl methyl sites for hydroxylation is 1. The van der Waals surface area contributed by atoms with Crippen LogP contribution in [0.15, 0.2) is 16.6 Å². The molecule has 0 saturated heterocycles. The summed E-state index contributed by atoms with van der Waals surface area (Å²) >= 11 is 6.21. The van der Waals surface area contributed by atoms with Gasteiger partial charge in [0.1, 0.15) is 11.8 Å². The van der Waals surface area contributed by atoms with Crippen LogP contribution in [0.2, 0.25) is 5.02 Å². The number of hydrogen-bond donors (Lipinski definition) is 4. The van der Waals surface area contributed by atoms with Crippen LogP contribution in [0, 0.1) is 13.8 Å². The number of guanidine groups is 1. The molecule has 0 fully saturated rings. The Bertz CT molecular complexity index is 981. The third-order valence-electron chi connectivity index (χ3n) is 4.92. The van der Waals surface area contributed by atoms with Crippen LogP contribution in [0.3, 0.4) is 0 Å². The summed E-state index contributed by atoms with van der Waals surface area (Å²) in [5.41, 5.74) is 7.40. The highest BCUT2D eigenvalue weighted by Gasteiger charge is 2.49. The summed E-state index contributed by atoms with van der Waals surface area (Å²) in [6.45, 7) is 3.30. The smallest absolute Gasteiger partial charge is 0.429 e. The molecule has 9 nitrogen and oxygen atoms in total. The van der Waals surface area contributed by atoms with Gasteiger partial charge in [-0.1, -0.05) is 11.6 Å². The second-order valence-corrected chi connectivity index (χ2v) is 7.63. The third-order valence-corrected chi connectivity index (χ3v) is 5.50. The summed E-state index contributed by atoms with van der Waals surface area (Å²) < 4.78 is 51.0. The van der Waals surface area contributed by atoms with E-state index in [-0.39, 0.29) is 36.7 Å². The summed E-state index contributed by atoms with van der Waals surface area (Å²) in [6, 6.07) is 0.124. The maximum Gasteiger partial charge on any atom is 0.429 e. The molecule has 13 heteroatoms. The van der Waals surface area contributed by atoms with Crippen LogP contribution < -0.4 is 21.3 Å². The van der Waals surface area contributed by atoms with Crippen molar-refractivity contribution in [2.75, 3.05) is 13.7 Å². The van der Waals surface area contributed by atoms with E-state index in [4.69, 9.17) is 27.3 Å². The highest BCUT2D eigenvalue weighted by Crippen LogP contribution is 2.41. The van der Waals surface area contributed by atoms with E-state index < -0.39 is 35.8 Å². The Hall–Kier alpha value is -2.99. The van der Waals surface area contributed by atoms with E-state index in [1.165, 1.54) is 6.07 Å². The largest absolute Gasteiger partial charge is 0.475 e. The van der Waals surface area contributed by atoms with Gasteiger partial charge in [-0.15, -0.1) is 0 Å². The highest BCUT2D eigenvalue weighted by molar-refractivity contribution is 6.32. The number of amides is 1. The van der Waals surface area contributed by atoms with Gasteiger partial charge < -0.3 is 20.5 Å². The molecule has 1 aliphatic rings. The molecule has 0 aliphatic carbocycles. The number of esters is 1. The Morgan fingerprint density at radius 2 is 2.06 bits per heavy atom. The van der Waals surface area contributed by atoms with Crippen molar-refractivity contribution in [2.24, 2.45) is 10.7 Å². The molecule has 182 valence electrons. The number of rotatable bonds is 7. The van der Waals surface area contributed by atoms with Crippen molar-refractivity contribution in [2.45, 2.75) is 45.0 Å². The van der Waals surface area contributed by atoms with Crippen molar-refractivity contribution in [1.29, 1.82) is 0 Å². The average molecular weight is 493 g/mol. The first-order valence-electron chi connectivity index (χ1n) is 9.74. The van der Waals surface area contributed by atoms with Crippen molar-refractivity contribution in [3.63, 3.8) is 0 Å². The monoisotopic (exact) mass is 492 g/mol. The number of methoxy groups -OCH3 is 1. The number of aliphatic imine (C=N–C) groups is 1. The molecule has 1 aromatic rings. The Morgan fingerprint density at radius 3 is 2.64 bits per heavy atom. The minimum atomic E-state index is -4.90. The van der Waals surface area contributed by atoms with Crippen molar-refractivity contribution in [3.8, 4) is 5.75 Å². The molecular formula is C20H24ClF3N4O5. The molecule has 0 radical (unpaired) electrons. The van der Waals surface area contributed by atoms with Crippen LogP contribution >= 0.6 is 11.6 Å². The molecular weight excluding hydrogens is 469 g/mol. The first kappa shape index (κ1) is 26.3. The Kier molecular flexibility index (Phi) is 8.56. The van der Waals surface area contributed by atoms with Gasteiger partial charge in [-0.05, 0) is 50.0 Å². The summed E-state index contributed by atoms with van der Waals surface area (Å²) in [7, 11) is 1.08. The Labute approximate surface area is 192 Å². The fourth-order valence-electron chi connectivity index (χ4n) is 3.23. The van der Waals surface area contributed by atoms with E-state index in [9.17, 15) is 22.8 Å². The Balaban J connectivity index is 2.34. The molecule has 2 rings (SSSR count). The lowest BCUT2D eigenvalue weighted by atomic mass is 9.95. The first-order valence-corrected chi connectivity index (χ1v) is 10.1. The lowest BCUT2D eigenvalue weighted by Crippen LogP contribution is -2.48. The number of nitrogens with zero attached hydrogens (tertiary/aromatic N) is 1. The number of ether oxygens (including phenoxy) is 2. The number of hydroxylamine groups is 1.